The van der Waals surface area contributed by atoms with Gasteiger partial charge in [-0.2, -0.15) is 0 Å². The third-order valence-corrected chi connectivity index (χ3v) is 3.05. The van der Waals surface area contributed by atoms with Gasteiger partial charge in [0.25, 0.3) is 0 Å². The minimum absolute atomic E-state index is 0.167. The molecule has 0 aromatic carbocycles. The molecule has 0 aliphatic carbocycles. The Morgan fingerprint density at radius 2 is 2.33 bits per heavy atom. The van der Waals surface area contributed by atoms with E-state index in [2.05, 4.69) is 19.2 Å². The number of carbonyl (C=O) groups excluding carboxylic acids is 1. The molecule has 1 atom stereocenters. The van der Waals surface area contributed by atoms with Crippen LogP contribution in [0.5, 0.6) is 0 Å². The molecular formula is C13H26N2O3. The Morgan fingerprint density at radius 3 is 3.00 bits per heavy atom. The molecule has 1 unspecified atom stereocenters. The van der Waals surface area contributed by atoms with Crippen molar-refractivity contribution in [2.24, 2.45) is 5.92 Å². The predicted molar refractivity (Wildman–Crippen MR) is 70.5 cm³/mol. The molecule has 1 heterocycles. The Bertz CT molecular complexity index is 246. The first-order valence-corrected chi connectivity index (χ1v) is 6.72. The number of amides is 1. The van der Waals surface area contributed by atoms with Crippen molar-refractivity contribution in [2.75, 3.05) is 46.6 Å². The standard InChI is InChI=1S/C13H26N2O3/c1-11(2)8-12-10-18-7-5-15(12)13(16)9-14-4-6-17-3/h11-12,14H,4-10H2,1-3H3. The molecule has 1 rings (SSSR count). The Kier molecular flexibility index (Phi) is 7.23. The minimum atomic E-state index is 0.167. The molecule has 5 nitrogen and oxygen atoms in total. The zero-order valence-corrected chi connectivity index (χ0v) is 11.8. The van der Waals surface area contributed by atoms with Crippen molar-refractivity contribution in [2.45, 2.75) is 26.3 Å². The second kappa shape index (κ2) is 8.45. The molecule has 0 bridgehead atoms. The van der Waals surface area contributed by atoms with E-state index >= 15 is 0 Å². The van der Waals surface area contributed by atoms with Crippen molar-refractivity contribution in [3.8, 4) is 0 Å². The Balaban J connectivity index is 2.37. The molecule has 1 saturated heterocycles. The summed E-state index contributed by atoms with van der Waals surface area (Å²) in [6.07, 6.45) is 1.00. The fourth-order valence-electron chi connectivity index (χ4n) is 2.19. The van der Waals surface area contributed by atoms with E-state index in [0.29, 0.717) is 45.4 Å². The molecule has 0 aromatic heterocycles. The van der Waals surface area contributed by atoms with Crippen LogP contribution >= 0.6 is 0 Å². The van der Waals surface area contributed by atoms with Gasteiger partial charge in [0, 0.05) is 20.2 Å². The number of nitrogens with one attached hydrogen (secondary N) is 1. The second-order valence-corrected chi connectivity index (χ2v) is 5.11. The first-order valence-electron chi connectivity index (χ1n) is 6.72. The maximum Gasteiger partial charge on any atom is 0.236 e. The van der Waals surface area contributed by atoms with Crippen molar-refractivity contribution < 1.29 is 14.3 Å². The van der Waals surface area contributed by atoms with E-state index in [4.69, 9.17) is 9.47 Å². The fourth-order valence-corrected chi connectivity index (χ4v) is 2.19. The number of carbonyl (C=O) groups is 1. The van der Waals surface area contributed by atoms with Crippen LogP contribution in [-0.2, 0) is 14.3 Å². The summed E-state index contributed by atoms with van der Waals surface area (Å²) in [7, 11) is 1.66. The average molecular weight is 258 g/mol. The van der Waals surface area contributed by atoms with Crippen molar-refractivity contribution in [1.82, 2.24) is 10.2 Å². The molecule has 1 aliphatic heterocycles. The van der Waals surface area contributed by atoms with E-state index in [1.807, 2.05) is 4.90 Å². The number of nitrogens with zero attached hydrogens (tertiary/aromatic N) is 1. The predicted octanol–water partition coefficient (Wildman–Crippen LogP) is 0.496. The van der Waals surface area contributed by atoms with Gasteiger partial charge in [-0.05, 0) is 12.3 Å². The van der Waals surface area contributed by atoms with Crippen LogP contribution in [-0.4, -0.2) is 63.4 Å². The van der Waals surface area contributed by atoms with E-state index in [0.717, 1.165) is 6.42 Å². The lowest BCUT2D eigenvalue weighted by atomic mass is 10.0. The highest BCUT2D eigenvalue weighted by molar-refractivity contribution is 5.78. The van der Waals surface area contributed by atoms with E-state index in [9.17, 15) is 4.79 Å². The van der Waals surface area contributed by atoms with E-state index in [1.54, 1.807) is 7.11 Å². The van der Waals surface area contributed by atoms with Gasteiger partial charge < -0.3 is 19.7 Å². The maximum absolute atomic E-state index is 12.1. The zero-order valence-electron chi connectivity index (χ0n) is 11.8. The van der Waals surface area contributed by atoms with Crippen LogP contribution in [0.25, 0.3) is 0 Å². The Hall–Kier alpha value is -0.650. The van der Waals surface area contributed by atoms with Crippen LogP contribution in [0.4, 0.5) is 0 Å². The van der Waals surface area contributed by atoms with Gasteiger partial charge in [0.2, 0.25) is 5.91 Å². The van der Waals surface area contributed by atoms with Gasteiger partial charge in [-0.3, -0.25) is 4.79 Å². The highest BCUT2D eigenvalue weighted by Gasteiger charge is 2.27. The van der Waals surface area contributed by atoms with Crippen molar-refractivity contribution in [3.05, 3.63) is 0 Å². The molecule has 1 aliphatic rings. The largest absolute Gasteiger partial charge is 0.383 e. The molecular weight excluding hydrogens is 232 g/mol. The van der Waals surface area contributed by atoms with E-state index in [1.165, 1.54) is 0 Å². The number of morpholine rings is 1. The van der Waals surface area contributed by atoms with Gasteiger partial charge in [-0.15, -0.1) is 0 Å². The average Bonchev–Trinajstić information content (AvgIpc) is 2.34. The number of ether oxygens (including phenoxy) is 2. The van der Waals surface area contributed by atoms with Gasteiger partial charge in [0.1, 0.15) is 0 Å². The third-order valence-electron chi connectivity index (χ3n) is 3.05. The smallest absolute Gasteiger partial charge is 0.236 e. The van der Waals surface area contributed by atoms with Crippen LogP contribution in [0.3, 0.4) is 0 Å². The van der Waals surface area contributed by atoms with Gasteiger partial charge >= 0.3 is 0 Å². The highest BCUT2D eigenvalue weighted by Crippen LogP contribution is 2.15. The zero-order chi connectivity index (χ0) is 13.4. The lowest BCUT2D eigenvalue weighted by Gasteiger charge is -2.36. The molecule has 106 valence electrons. The number of hydrogen-bond donors (Lipinski definition) is 1. The molecule has 18 heavy (non-hydrogen) atoms. The fraction of sp³-hybridized carbons (Fsp3) is 0.923. The summed E-state index contributed by atoms with van der Waals surface area (Å²) in [5.74, 6) is 0.744. The molecule has 0 saturated carbocycles. The van der Waals surface area contributed by atoms with Gasteiger partial charge in [-0.25, -0.2) is 0 Å². The van der Waals surface area contributed by atoms with Crippen LogP contribution in [0.1, 0.15) is 20.3 Å². The number of methoxy groups -OCH3 is 1. The molecule has 5 heteroatoms. The summed E-state index contributed by atoms with van der Waals surface area (Å²) in [4.78, 5) is 14.1. The van der Waals surface area contributed by atoms with Gasteiger partial charge in [0.15, 0.2) is 0 Å². The lowest BCUT2D eigenvalue weighted by molar-refractivity contribution is -0.139. The quantitative estimate of drug-likeness (QED) is 0.676. The van der Waals surface area contributed by atoms with Crippen LogP contribution in [0.2, 0.25) is 0 Å². The second-order valence-electron chi connectivity index (χ2n) is 5.11. The van der Waals surface area contributed by atoms with Crippen LogP contribution < -0.4 is 5.32 Å². The van der Waals surface area contributed by atoms with Crippen molar-refractivity contribution in [1.29, 1.82) is 0 Å². The normalized spacial score (nSPS) is 20.4. The van der Waals surface area contributed by atoms with E-state index in [-0.39, 0.29) is 11.9 Å². The first-order chi connectivity index (χ1) is 8.65. The summed E-state index contributed by atoms with van der Waals surface area (Å²) in [6.45, 7) is 8.11. The van der Waals surface area contributed by atoms with E-state index < -0.39 is 0 Å². The number of hydrogen-bond acceptors (Lipinski definition) is 4. The summed E-state index contributed by atoms with van der Waals surface area (Å²) < 4.78 is 10.4. The summed E-state index contributed by atoms with van der Waals surface area (Å²) in [6, 6.07) is 0.232. The third kappa shape index (κ3) is 5.33. The topological polar surface area (TPSA) is 50.8 Å². The molecule has 0 aromatic rings. The van der Waals surface area contributed by atoms with Crippen molar-refractivity contribution >= 4 is 5.91 Å². The highest BCUT2D eigenvalue weighted by atomic mass is 16.5. The SMILES string of the molecule is COCCNCC(=O)N1CCOCC1CC(C)C. The minimum Gasteiger partial charge on any atom is -0.383 e. The molecule has 1 amide bonds. The molecule has 0 radical (unpaired) electrons. The summed E-state index contributed by atoms with van der Waals surface area (Å²) >= 11 is 0. The van der Waals surface area contributed by atoms with Crippen LogP contribution in [0.15, 0.2) is 0 Å². The maximum atomic E-state index is 12.1. The van der Waals surface area contributed by atoms with Crippen molar-refractivity contribution in [3.63, 3.8) is 0 Å². The number of rotatable bonds is 7. The summed E-state index contributed by atoms with van der Waals surface area (Å²) in [5, 5.41) is 3.10. The first kappa shape index (κ1) is 15.4. The molecule has 1 N–H and O–H groups in total. The summed E-state index contributed by atoms with van der Waals surface area (Å²) in [5.41, 5.74) is 0. The van der Waals surface area contributed by atoms with Crippen LogP contribution in [0, 0.1) is 5.92 Å². The Labute approximate surface area is 110 Å². The molecule has 1 fully saturated rings. The molecule has 0 spiro atoms. The monoisotopic (exact) mass is 258 g/mol. The van der Waals surface area contributed by atoms with Gasteiger partial charge in [0.05, 0.1) is 32.4 Å². The van der Waals surface area contributed by atoms with Gasteiger partial charge in [-0.1, -0.05) is 13.8 Å². The lowest BCUT2D eigenvalue weighted by Crippen LogP contribution is -2.51. The Morgan fingerprint density at radius 1 is 1.56 bits per heavy atom.